The van der Waals surface area contributed by atoms with E-state index in [-0.39, 0.29) is 5.41 Å². The largest absolute Gasteiger partial charge is 0.481 e. The average molecular weight is 214 g/mol. The van der Waals surface area contributed by atoms with Gasteiger partial charge in [-0.1, -0.05) is 32.4 Å². The van der Waals surface area contributed by atoms with Gasteiger partial charge in [-0.15, -0.1) is 0 Å². The van der Waals surface area contributed by atoms with Crippen molar-refractivity contribution in [3.63, 3.8) is 0 Å². The Bertz CT molecular complexity index is 318. The summed E-state index contributed by atoms with van der Waals surface area (Å²) in [6.07, 6.45) is 0.964. The van der Waals surface area contributed by atoms with Crippen molar-refractivity contribution >= 4 is 11.6 Å². The van der Waals surface area contributed by atoms with Crippen LogP contribution >= 0.6 is 11.6 Å². The van der Waals surface area contributed by atoms with Crippen LogP contribution in [-0.2, 0) is 6.42 Å². The fourth-order valence-corrected chi connectivity index (χ4v) is 1.57. The van der Waals surface area contributed by atoms with Gasteiger partial charge < -0.3 is 4.74 Å². The molecule has 0 saturated carbocycles. The topological polar surface area (TPSA) is 22.1 Å². The minimum Gasteiger partial charge on any atom is -0.481 e. The lowest BCUT2D eigenvalue weighted by Gasteiger charge is -2.18. The first-order valence-corrected chi connectivity index (χ1v) is 4.99. The number of methoxy groups -OCH3 is 1. The number of nitrogens with zero attached hydrogens (tertiary/aromatic N) is 1. The summed E-state index contributed by atoms with van der Waals surface area (Å²) in [6, 6.07) is 3.81. The van der Waals surface area contributed by atoms with Crippen LogP contribution in [0.15, 0.2) is 12.1 Å². The van der Waals surface area contributed by atoms with E-state index >= 15 is 0 Å². The highest BCUT2D eigenvalue weighted by Crippen LogP contribution is 2.24. The molecule has 1 rings (SSSR count). The van der Waals surface area contributed by atoms with Gasteiger partial charge in [-0.3, -0.25) is 0 Å². The lowest BCUT2D eigenvalue weighted by atomic mass is 9.88. The van der Waals surface area contributed by atoms with Crippen LogP contribution in [0, 0.1) is 5.41 Å². The minimum absolute atomic E-state index is 0.246. The molecule has 0 spiro atoms. The maximum Gasteiger partial charge on any atom is 0.214 e. The fraction of sp³-hybridized carbons (Fsp3) is 0.545. The van der Waals surface area contributed by atoms with Crippen molar-refractivity contribution in [1.82, 2.24) is 4.98 Å². The van der Waals surface area contributed by atoms with E-state index < -0.39 is 0 Å². The zero-order valence-electron chi connectivity index (χ0n) is 9.10. The second-order valence-electron chi connectivity index (χ2n) is 4.58. The van der Waals surface area contributed by atoms with Gasteiger partial charge in [-0.2, -0.15) is 0 Å². The van der Waals surface area contributed by atoms with E-state index in [1.54, 1.807) is 7.11 Å². The number of halogens is 1. The lowest BCUT2D eigenvalue weighted by molar-refractivity contribution is 0.391. The molecule has 1 aromatic heterocycles. The summed E-state index contributed by atoms with van der Waals surface area (Å²) in [5.41, 5.74) is 1.41. The van der Waals surface area contributed by atoms with E-state index in [4.69, 9.17) is 16.3 Å². The lowest BCUT2D eigenvalue weighted by Crippen LogP contribution is -2.09. The number of rotatable bonds is 2. The van der Waals surface area contributed by atoms with E-state index in [2.05, 4.69) is 25.8 Å². The zero-order valence-corrected chi connectivity index (χ0v) is 9.85. The molecule has 0 aliphatic carbocycles. The molecule has 1 aromatic rings. The van der Waals surface area contributed by atoms with Crippen molar-refractivity contribution in [2.45, 2.75) is 27.2 Å². The van der Waals surface area contributed by atoms with Crippen molar-refractivity contribution in [2.75, 3.05) is 7.11 Å². The van der Waals surface area contributed by atoms with E-state index in [0.29, 0.717) is 11.0 Å². The van der Waals surface area contributed by atoms with Gasteiger partial charge in [-0.05, 0) is 23.5 Å². The van der Waals surface area contributed by atoms with Gasteiger partial charge in [-0.25, -0.2) is 4.98 Å². The fourth-order valence-electron chi connectivity index (χ4n) is 1.34. The highest BCUT2D eigenvalue weighted by atomic mass is 35.5. The van der Waals surface area contributed by atoms with Gasteiger partial charge in [0.15, 0.2) is 0 Å². The Kier molecular flexibility index (Phi) is 3.38. The summed E-state index contributed by atoms with van der Waals surface area (Å²) in [5.74, 6) is 0.580. The highest BCUT2D eigenvalue weighted by Gasteiger charge is 2.12. The summed E-state index contributed by atoms with van der Waals surface area (Å²) in [6.45, 7) is 6.56. The van der Waals surface area contributed by atoms with Crippen LogP contribution in [0.2, 0.25) is 5.15 Å². The first-order valence-electron chi connectivity index (χ1n) is 4.61. The molecule has 2 nitrogen and oxygen atoms in total. The van der Waals surface area contributed by atoms with Crippen LogP contribution in [0.25, 0.3) is 0 Å². The maximum absolute atomic E-state index is 5.87. The Labute approximate surface area is 90.3 Å². The molecule has 0 aliphatic rings. The zero-order chi connectivity index (χ0) is 10.8. The first-order chi connectivity index (χ1) is 6.40. The molecule has 14 heavy (non-hydrogen) atoms. The molecule has 0 N–H and O–H groups in total. The SMILES string of the molecule is COc1cc(CC(C)(C)C)cc(Cl)n1. The molecule has 0 aromatic carbocycles. The van der Waals surface area contributed by atoms with E-state index in [1.807, 2.05) is 12.1 Å². The van der Waals surface area contributed by atoms with Crippen molar-refractivity contribution in [3.05, 3.63) is 22.8 Å². The smallest absolute Gasteiger partial charge is 0.214 e. The Hall–Kier alpha value is -0.760. The number of hydrogen-bond acceptors (Lipinski definition) is 2. The normalized spacial score (nSPS) is 11.5. The van der Waals surface area contributed by atoms with Crippen LogP contribution in [-0.4, -0.2) is 12.1 Å². The van der Waals surface area contributed by atoms with Crippen LogP contribution in [0.3, 0.4) is 0 Å². The predicted molar refractivity (Wildman–Crippen MR) is 59.0 cm³/mol. The molecule has 0 unspecified atom stereocenters. The minimum atomic E-state index is 0.246. The van der Waals surface area contributed by atoms with Crippen LogP contribution in [0.5, 0.6) is 5.88 Å². The van der Waals surface area contributed by atoms with Crippen molar-refractivity contribution in [2.24, 2.45) is 5.41 Å². The first kappa shape index (κ1) is 11.3. The molecule has 78 valence electrons. The molecule has 0 bridgehead atoms. The molecule has 1 heterocycles. The molecule has 3 heteroatoms. The summed E-state index contributed by atoms with van der Waals surface area (Å²) >= 11 is 5.87. The second kappa shape index (κ2) is 4.18. The molecule has 0 fully saturated rings. The molecule has 0 aliphatic heterocycles. The van der Waals surface area contributed by atoms with Crippen LogP contribution < -0.4 is 4.74 Å². The van der Waals surface area contributed by atoms with Crippen molar-refractivity contribution in [1.29, 1.82) is 0 Å². The maximum atomic E-state index is 5.87. The molecular weight excluding hydrogens is 198 g/mol. The van der Waals surface area contributed by atoms with Crippen molar-refractivity contribution < 1.29 is 4.74 Å². The third-order valence-electron chi connectivity index (χ3n) is 1.77. The molecule has 0 saturated heterocycles. The van der Waals surface area contributed by atoms with Gasteiger partial charge in [0.1, 0.15) is 5.15 Å². The molecular formula is C11H16ClNO. The highest BCUT2D eigenvalue weighted by molar-refractivity contribution is 6.29. The Morgan fingerprint density at radius 3 is 2.50 bits per heavy atom. The van der Waals surface area contributed by atoms with Gasteiger partial charge in [0.2, 0.25) is 5.88 Å². The average Bonchev–Trinajstić information content (AvgIpc) is 1.99. The Morgan fingerprint density at radius 2 is 2.00 bits per heavy atom. The van der Waals surface area contributed by atoms with Crippen LogP contribution in [0.1, 0.15) is 26.3 Å². The van der Waals surface area contributed by atoms with Gasteiger partial charge in [0.05, 0.1) is 7.11 Å². The third-order valence-corrected chi connectivity index (χ3v) is 1.97. The monoisotopic (exact) mass is 213 g/mol. The third kappa shape index (κ3) is 3.54. The van der Waals surface area contributed by atoms with Crippen molar-refractivity contribution in [3.8, 4) is 5.88 Å². The van der Waals surface area contributed by atoms with E-state index in [1.165, 1.54) is 0 Å². The summed E-state index contributed by atoms with van der Waals surface area (Å²) in [4.78, 5) is 4.03. The second-order valence-corrected chi connectivity index (χ2v) is 4.97. The Morgan fingerprint density at radius 1 is 1.36 bits per heavy atom. The Balaban J connectivity index is 2.92. The van der Waals surface area contributed by atoms with Gasteiger partial charge >= 0.3 is 0 Å². The quantitative estimate of drug-likeness (QED) is 0.704. The number of hydrogen-bond donors (Lipinski definition) is 0. The van der Waals surface area contributed by atoms with E-state index in [0.717, 1.165) is 12.0 Å². The summed E-state index contributed by atoms with van der Waals surface area (Å²) in [5, 5.41) is 0.489. The number of pyridine rings is 1. The molecule has 0 radical (unpaired) electrons. The number of aromatic nitrogens is 1. The van der Waals surface area contributed by atoms with E-state index in [9.17, 15) is 0 Å². The van der Waals surface area contributed by atoms with Gasteiger partial charge in [0, 0.05) is 6.07 Å². The summed E-state index contributed by atoms with van der Waals surface area (Å²) in [7, 11) is 1.60. The standard InChI is InChI=1S/C11H16ClNO/c1-11(2,3)7-8-5-9(12)13-10(6-8)14-4/h5-6H,7H2,1-4H3. The molecule has 0 amide bonds. The molecule has 0 atom stereocenters. The summed E-state index contributed by atoms with van der Waals surface area (Å²) < 4.78 is 5.05. The number of ether oxygens (including phenoxy) is 1. The van der Waals surface area contributed by atoms with Crippen LogP contribution in [0.4, 0.5) is 0 Å². The predicted octanol–water partition coefficient (Wildman–Crippen LogP) is 3.33. The van der Waals surface area contributed by atoms with Gasteiger partial charge in [0.25, 0.3) is 0 Å².